The van der Waals surface area contributed by atoms with Crippen LogP contribution in [0.15, 0.2) is 86.7 Å². The number of nitrogens with one attached hydrogen (secondary N) is 1. The molecule has 3 aromatic heterocycles. The van der Waals surface area contributed by atoms with Crippen molar-refractivity contribution in [3.8, 4) is 22.4 Å². The van der Waals surface area contributed by atoms with Crippen molar-refractivity contribution in [1.82, 2.24) is 19.9 Å². The summed E-state index contributed by atoms with van der Waals surface area (Å²) in [6, 6.07) is 11.9. The van der Waals surface area contributed by atoms with Crippen molar-refractivity contribution < 1.29 is 6.22 Å². The Morgan fingerprint density at radius 3 is 2.35 bits per heavy atom. The van der Waals surface area contributed by atoms with Gasteiger partial charge in [-0.15, -0.1) is 13.2 Å². The molecule has 6 nitrogen and oxygen atoms in total. The van der Waals surface area contributed by atoms with E-state index in [0.717, 1.165) is 33.5 Å². The fourth-order valence-corrected chi connectivity index (χ4v) is 3.03. The number of carbonyl (C=O) groups is 1. The first kappa shape index (κ1) is 21.5. The number of pyridine rings is 2. The standard InChI is InChI=1S/C23H19N5O.C2H4.H2/c1-15-5-6-17(18-4-3-8-24-11-18)10-19(15)21-13-27-22(14-26-21)28-23(29)20-12-25-9-7-16(20)2;1-2;/h3-14H,1-2H3,(H,27,28,29);1-2H2;1H. The van der Waals surface area contributed by atoms with Gasteiger partial charge in [-0.3, -0.25) is 19.7 Å². The molecule has 0 atom stereocenters. The highest BCUT2D eigenvalue weighted by Gasteiger charge is 2.11. The minimum absolute atomic E-state index is 0. The molecule has 1 aromatic carbocycles. The molecular formula is C25H25N5O. The summed E-state index contributed by atoms with van der Waals surface area (Å²) >= 11 is 0. The predicted molar refractivity (Wildman–Crippen MR) is 126 cm³/mol. The molecule has 0 aliphatic rings. The third-order valence-electron chi connectivity index (χ3n) is 4.69. The average Bonchev–Trinajstić information content (AvgIpc) is 2.82. The number of carbonyl (C=O) groups excluding carboxylic acids is 1. The van der Waals surface area contributed by atoms with Crippen molar-refractivity contribution in [2.24, 2.45) is 0 Å². The van der Waals surface area contributed by atoms with Crippen LogP contribution in [0, 0.1) is 13.8 Å². The smallest absolute Gasteiger partial charge is 0.258 e. The maximum absolute atomic E-state index is 12.4. The molecule has 0 saturated heterocycles. The zero-order chi connectivity index (χ0) is 22.2. The molecule has 1 amide bonds. The van der Waals surface area contributed by atoms with E-state index < -0.39 is 0 Å². The summed E-state index contributed by atoms with van der Waals surface area (Å²) in [6.07, 6.45) is 10.0. The molecule has 31 heavy (non-hydrogen) atoms. The summed E-state index contributed by atoms with van der Waals surface area (Å²) < 4.78 is 0. The van der Waals surface area contributed by atoms with Crippen LogP contribution in [-0.2, 0) is 0 Å². The van der Waals surface area contributed by atoms with Gasteiger partial charge in [0, 0.05) is 37.3 Å². The van der Waals surface area contributed by atoms with Crippen LogP contribution < -0.4 is 5.32 Å². The van der Waals surface area contributed by atoms with Crippen molar-refractivity contribution >= 4 is 11.7 Å². The number of rotatable bonds is 4. The van der Waals surface area contributed by atoms with Crippen molar-refractivity contribution in [1.29, 1.82) is 0 Å². The summed E-state index contributed by atoms with van der Waals surface area (Å²) in [7, 11) is 0. The van der Waals surface area contributed by atoms with E-state index in [4.69, 9.17) is 0 Å². The van der Waals surface area contributed by atoms with Crippen molar-refractivity contribution in [3.05, 3.63) is 103 Å². The lowest BCUT2D eigenvalue weighted by Crippen LogP contribution is -2.14. The Labute approximate surface area is 183 Å². The van der Waals surface area contributed by atoms with Crippen LogP contribution in [0.25, 0.3) is 22.4 Å². The number of benzene rings is 1. The number of aryl methyl sites for hydroxylation is 2. The molecule has 0 bridgehead atoms. The number of aromatic nitrogens is 4. The van der Waals surface area contributed by atoms with E-state index in [2.05, 4.69) is 56.6 Å². The fraction of sp³-hybridized carbons (Fsp3) is 0.0800. The molecule has 4 rings (SSSR count). The first-order valence-electron chi connectivity index (χ1n) is 9.67. The van der Waals surface area contributed by atoms with Crippen LogP contribution in [0.1, 0.15) is 22.9 Å². The SMILES string of the molecule is C=C.Cc1ccncc1C(=O)Nc1cnc(-c2cc(-c3cccnc3)ccc2C)cn1.[HH]. The van der Waals surface area contributed by atoms with E-state index in [-0.39, 0.29) is 7.33 Å². The highest BCUT2D eigenvalue weighted by Crippen LogP contribution is 2.28. The lowest BCUT2D eigenvalue weighted by atomic mass is 9.99. The van der Waals surface area contributed by atoms with Crippen LogP contribution in [0.5, 0.6) is 0 Å². The second kappa shape index (κ2) is 10.0. The summed E-state index contributed by atoms with van der Waals surface area (Å²) in [4.78, 5) is 29.5. The van der Waals surface area contributed by atoms with E-state index in [9.17, 15) is 4.79 Å². The molecule has 0 saturated carbocycles. The van der Waals surface area contributed by atoms with E-state index in [1.54, 1.807) is 37.1 Å². The van der Waals surface area contributed by atoms with Crippen LogP contribution in [0.4, 0.5) is 5.82 Å². The number of nitrogens with zero attached hydrogens (tertiary/aromatic N) is 4. The monoisotopic (exact) mass is 411 g/mol. The van der Waals surface area contributed by atoms with Gasteiger partial charge in [0.1, 0.15) is 0 Å². The van der Waals surface area contributed by atoms with E-state index in [1.165, 1.54) is 0 Å². The third kappa shape index (κ3) is 5.05. The minimum atomic E-state index is -0.257. The Balaban J connectivity index is 0.00000118. The molecule has 0 radical (unpaired) electrons. The summed E-state index contributed by atoms with van der Waals surface area (Å²) in [5.41, 5.74) is 6.28. The van der Waals surface area contributed by atoms with Gasteiger partial charge in [0.25, 0.3) is 5.91 Å². The number of anilines is 1. The minimum Gasteiger partial charge on any atom is -0.305 e. The highest BCUT2D eigenvalue weighted by molar-refractivity contribution is 6.04. The molecule has 1 N–H and O–H groups in total. The molecule has 0 aliphatic heterocycles. The topological polar surface area (TPSA) is 80.7 Å². The third-order valence-corrected chi connectivity index (χ3v) is 4.69. The maximum Gasteiger partial charge on any atom is 0.258 e. The Kier molecular flexibility index (Phi) is 6.96. The van der Waals surface area contributed by atoms with Gasteiger partial charge < -0.3 is 5.32 Å². The van der Waals surface area contributed by atoms with Gasteiger partial charge in [-0.25, -0.2) is 4.98 Å². The van der Waals surface area contributed by atoms with E-state index in [0.29, 0.717) is 11.4 Å². The van der Waals surface area contributed by atoms with E-state index in [1.807, 2.05) is 32.2 Å². The van der Waals surface area contributed by atoms with Crippen molar-refractivity contribution in [3.63, 3.8) is 0 Å². The van der Waals surface area contributed by atoms with Gasteiger partial charge in [-0.1, -0.05) is 18.2 Å². The molecule has 0 fully saturated rings. The molecule has 6 heteroatoms. The Bertz CT molecular complexity index is 1180. The second-order valence-electron chi connectivity index (χ2n) is 6.70. The Morgan fingerprint density at radius 2 is 1.68 bits per heavy atom. The normalized spacial score (nSPS) is 10.0. The summed E-state index contributed by atoms with van der Waals surface area (Å²) in [5.74, 6) is 0.135. The number of hydrogen-bond acceptors (Lipinski definition) is 5. The van der Waals surface area contributed by atoms with Gasteiger partial charge >= 0.3 is 0 Å². The van der Waals surface area contributed by atoms with Crippen LogP contribution >= 0.6 is 0 Å². The van der Waals surface area contributed by atoms with Gasteiger partial charge in [-0.2, -0.15) is 0 Å². The second-order valence-corrected chi connectivity index (χ2v) is 6.70. The fourth-order valence-electron chi connectivity index (χ4n) is 3.03. The Morgan fingerprint density at radius 1 is 0.871 bits per heavy atom. The highest BCUT2D eigenvalue weighted by atomic mass is 16.1. The largest absolute Gasteiger partial charge is 0.305 e. The molecule has 156 valence electrons. The van der Waals surface area contributed by atoms with Crippen LogP contribution in [0.3, 0.4) is 0 Å². The lowest BCUT2D eigenvalue weighted by Gasteiger charge is -2.10. The number of hydrogen-bond donors (Lipinski definition) is 1. The molecule has 0 spiro atoms. The van der Waals surface area contributed by atoms with Gasteiger partial charge in [0.05, 0.1) is 23.7 Å². The van der Waals surface area contributed by atoms with Gasteiger partial charge in [0.2, 0.25) is 0 Å². The van der Waals surface area contributed by atoms with Gasteiger partial charge in [0.15, 0.2) is 5.82 Å². The average molecular weight is 412 g/mol. The van der Waals surface area contributed by atoms with Crippen LogP contribution in [-0.4, -0.2) is 25.8 Å². The quantitative estimate of drug-likeness (QED) is 0.447. The number of amides is 1. The molecule has 3 heterocycles. The zero-order valence-corrected chi connectivity index (χ0v) is 17.5. The van der Waals surface area contributed by atoms with Crippen molar-refractivity contribution in [2.45, 2.75) is 13.8 Å². The molecule has 4 aromatic rings. The van der Waals surface area contributed by atoms with E-state index >= 15 is 0 Å². The summed E-state index contributed by atoms with van der Waals surface area (Å²) in [5, 5.41) is 2.77. The maximum atomic E-state index is 12.4. The first-order valence-corrected chi connectivity index (χ1v) is 9.67. The van der Waals surface area contributed by atoms with Crippen LogP contribution in [0.2, 0.25) is 0 Å². The lowest BCUT2D eigenvalue weighted by molar-refractivity contribution is 0.102. The molecular weight excluding hydrogens is 386 g/mol. The predicted octanol–water partition coefficient (Wildman–Crippen LogP) is 5.52. The van der Waals surface area contributed by atoms with Crippen molar-refractivity contribution in [2.75, 3.05) is 5.32 Å². The summed E-state index contributed by atoms with van der Waals surface area (Å²) in [6.45, 7) is 9.90. The first-order chi connectivity index (χ1) is 15.1. The van der Waals surface area contributed by atoms with Gasteiger partial charge in [-0.05, 0) is 48.7 Å². The molecule has 0 unspecified atom stereocenters. The zero-order valence-electron chi connectivity index (χ0n) is 17.5. The molecule has 0 aliphatic carbocycles. The Hall–Kier alpha value is -4.19.